The first-order valence-corrected chi connectivity index (χ1v) is 8.63. The van der Waals surface area contributed by atoms with Crippen molar-refractivity contribution in [3.63, 3.8) is 0 Å². The zero-order chi connectivity index (χ0) is 18.0. The van der Waals surface area contributed by atoms with Gasteiger partial charge in [0.2, 0.25) is 5.91 Å². The lowest BCUT2D eigenvalue weighted by Gasteiger charge is -2.19. The Hall–Kier alpha value is -2.69. The molecule has 1 aliphatic rings. The van der Waals surface area contributed by atoms with E-state index in [4.69, 9.17) is 5.73 Å². The standard InChI is InChI=1S/C20H23N3O2/c1-13-5-6-16(12-22-13)14(2)17-8-7-15(11-18(17)19(21)24)20(25)23-9-3-4-10-23/h5-8,11-12,14H,3-4,9-10H2,1-2H3,(H2,21,24)/t14-/m0/s1. The van der Waals surface area contributed by atoms with E-state index in [1.54, 1.807) is 12.1 Å². The minimum Gasteiger partial charge on any atom is -0.366 e. The molecule has 1 aromatic carbocycles. The number of aryl methyl sites for hydroxylation is 1. The third-order valence-corrected chi connectivity index (χ3v) is 4.86. The number of pyridine rings is 1. The quantitative estimate of drug-likeness (QED) is 0.932. The minimum absolute atomic E-state index is 0.0313. The molecule has 2 aromatic rings. The Bertz CT molecular complexity index is 793. The zero-order valence-corrected chi connectivity index (χ0v) is 14.7. The fourth-order valence-corrected chi connectivity index (χ4v) is 3.30. The Morgan fingerprint density at radius 2 is 1.88 bits per heavy atom. The van der Waals surface area contributed by atoms with E-state index < -0.39 is 5.91 Å². The lowest BCUT2D eigenvalue weighted by atomic mass is 9.89. The molecular weight excluding hydrogens is 314 g/mol. The Labute approximate surface area is 147 Å². The maximum absolute atomic E-state index is 12.6. The molecule has 5 heteroatoms. The van der Waals surface area contributed by atoms with E-state index in [2.05, 4.69) is 4.98 Å². The SMILES string of the molecule is Cc1ccc([C@H](C)c2ccc(C(=O)N3CCCC3)cc2C(N)=O)cn1. The third kappa shape index (κ3) is 3.55. The molecule has 1 aromatic heterocycles. The normalized spacial score (nSPS) is 15.2. The number of carbonyl (C=O) groups excluding carboxylic acids is 2. The smallest absolute Gasteiger partial charge is 0.253 e. The van der Waals surface area contributed by atoms with Gasteiger partial charge in [-0.1, -0.05) is 19.1 Å². The summed E-state index contributed by atoms with van der Waals surface area (Å²) in [5, 5.41) is 0. The highest BCUT2D eigenvalue weighted by atomic mass is 16.2. The summed E-state index contributed by atoms with van der Waals surface area (Å²) in [6.07, 6.45) is 3.88. The van der Waals surface area contributed by atoms with E-state index in [-0.39, 0.29) is 11.8 Å². The van der Waals surface area contributed by atoms with Crippen LogP contribution in [0.15, 0.2) is 36.5 Å². The number of aromatic nitrogens is 1. The van der Waals surface area contributed by atoms with Crippen LogP contribution in [0.4, 0.5) is 0 Å². The molecule has 0 aliphatic carbocycles. The number of hydrogen-bond acceptors (Lipinski definition) is 3. The van der Waals surface area contributed by atoms with Crippen molar-refractivity contribution in [3.05, 3.63) is 64.5 Å². The molecule has 1 aliphatic heterocycles. The van der Waals surface area contributed by atoms with E-state index >= 15 is 0 Å². The summed E-state index contributed by atoms with van der Waals surface area (Å²) < 4.78 is 0. The Morgan fingerprint density at radius 3 is 2.48 bits per heavy atom. The van der Waals surface area contributed by atoms with Gasteiger partial charge in [0, 0.05) is 42.0 Å². The molecule has 0 radical (unpaired) electrons. The zero-order valence-electron chi connectivity index (χ0n) is 14.7. The van der Waals surface area contributed by atoms with E-state index in [1.807, 2.05) is 43.1 Å². The molecule has 1 atom stereocenters. The van der Waals surface area contributed by atoms with Gasteiger partial charge >= 0.3 is 0 Å². The molecule has 1 fully saturated rings. The molecule has 1 saturated heterocycles. The summed E-state index contributed by atoms with van der Waals surface area (Å²) in [7, 11) is 0. The highest BCUT2D eigenvalue weighted by Gasteiger charge is 2.23. The molecule has 3 rings (SSSR count). The van der Waals surface area contributed by atoms with Crippen LogP contribution >= 0.6 is 0 Å². The van der Waals surface area contributed by atoms with Gasteiger partial charge in [-0.25, -0.2) is 0 Å². The highest BCUT2D eigenvalue weighted by Crippen LogP contribution is 2.28. The van der Waals surface area contributed by atoms with Crippen LogP contribution in [0.25, 0.3) is 0 Å². The van der Waals surface area contributed by atoms with Crippen molar-refractivity contribution < 1.29 is 9.59 Å². The van der Waals surface area contributed by atoms with Crippen LogP contribution in [0.5, 0.6) is 0 Å². The number of likely N-dealkylation sites (tertiary alicyclic amines) is 1. The van der Waals surface area contributed by atoms with Crippen LogP contribution in [-0.2, 0) is 0 Å². The topological polar surface area (TPSA) is 76.3 Å². The third-order valence-electron chi connectivity index (χ3n) is 4.86. The second-order valence-electron chi connectivity index (χ2n) is 6.62. The van der Waals surface area contributed by atoms with Crippen LogP contribution in [0.1, 0.15) is 63.2 Å². The molecule has 5 nitrogen and oxygen atoms in total. The molecule has 2 N–H and O–H groups in total. The number of nitrogens with two attached hydrogens (primary N) is 1. The van der Waals surface area contributed by atoms with Gasteiger partial charge in [0.1, 0.15) is 0 Å². The summed E-state index contributed by atoms with van der Waals surface area (Å²) >= 11 is 0. The summed E-state index contributed by atoms with van der Waals surface area (Å²) in [5.41, 5.74) is 9.28. The van der Waals surface area contributed by atoms with Gasteiger partial charge in [-0.05, 0) is 49.1 Å². The lowest BCUT2D eigenvalue weighted by Crippen LogP contribution is -2.28. The number of nitrogens with zero attached hydrogens (tertiary/aromatic N) is 2. The van der Waals surface area contributed by atoms with Crippen molar-refractivity contribution in [2.45, 2.75) is 32.6 Å². The highest BCUT2D eigenvalue weighted by molar-refractivity contribution is 6.00. The molecular formula is C20H23N3O2. The van der Waals surface area contributed by atoms with E-state index in [1.165, 1.54) is 0 Å². The summed E-state index contributed by atoms with van der Waals surface area (Å²) in [6, 6.07) is 9.22. The first-order chi connectivity index (χ1) is 12.0. The van der Waals surface area contributed by atoms with Crippen molar-refractivity contribution in [1.82, 2.24) is 9.88 Å². The lowest BCUT2D eigenvalue weighted by molar-refractivity contribution is 0.0793. The number of hydrogen-bond donors (Lipinski definition) is 1. The number of carbonyl (C=O) groups is 2. The van der Waals surface area contributed by atoms with Gasteiger partial charge in [-0.3, -0.25) is 14.6 Å². The summed E-state index contributed by atoms with van der Waals surface area (Å²) in [5.74, 6) is -0.583. The number of primary amides is 1. The second-order valence-corrected chi connectivity index (χ2v) is 6.62. The number of amides is 2. The first-order valence-electron chi connectivity index (χ1n) is 8.63. The maximum atomic E-state index is 12.6. The van der Waals surface area contributed by atoms with E-state index in [9.17, 15) is 9.59 Å². The summed E-state index contributed by atoms with van der Waals surface area (Å²) in [4.78, 5) is 30.7. The van der Waals surface area contributed by atoms with Crippen molar-refractivity contribution in [2.75, 3.05) is 13.1 Å². The predicted molar refractivity (Wildman–Crippen MR) is 96.6 cm³/mol. The largest absolute Gasteiger partial charge is 0.366 e. The van der Waals surface area contributed by atoms with Crippen molar-refractivity contribution >= 4 is 11.8 Å². The second kappa shape index (κ2) is 7.05. The van der Waals surface area contributed by atoms with Gasteiger partial charge in [0.15, 0.2) is 0 Å². The minimum atomic E-state index is -0.516. The monoisotopic (exact) mass is 337 g/mol. The van der Waals surface area contributed by atoms with Gasteiger partial charge < -0.3 is 10.6 Å². The van der Waals surface area contributed by atoms with Gasteiger partial charge in [-0.2, -0.15) is 0 Å². The first kappa shape index (κ1) is 17.1. The predicted octanol–water partition coefficient (Wildman–Crippen LogP) is 2.88. The van der Waals surface area contributed by atoms with E-state index in [0.717, 1.165) is 42.8 Å². The Morgan fingerprint density at radius 1 is 1.16 bits per heavy atom. The van der Waals surface area contributed by atoms with Crippen molar-refractivity contribution in [1.29, 1.82) is 0 Å². The molecule has 0 spiro atoms. The van der Waals surface area contributed by atoms with Crippen LogP contribution in [0.2, 0.25) is 0 Å². The van der Waals surface area contributed by atoms with Gasteiger partial charge in [-0.15, -0.1) is 0 Å². The molecule has 25 heavy (non-hydrogen) atoms. The van der Waals surface area contributed by atoms with Crippen molar-refractivity contribution in [3.8, 4) is 0 Å². The number of benzene rings is 1. The molecule has 0 bridgehead atoms. The van der Waals surface area contributed by atoms with Gasteiger partial charge in [0.25, 0.3) is 5.91 Å². The average molecular weight is 337 g/mol. The van der Waals surface area contributed by atoms with Crippen LogP contribution < -0.4 is 5.73 Å². The Kier molecular flexibility index (Phi) is 4.83. The fourth-order valence-electron chi connectivity index (χ4n) is 3.30. The Balaban J connectivity index is 1.95. The van der Waals surface area contributed by atoms with E-state index in [0.29, 0.717) is 11.1 Å². The molecule has 0 saturated carbocycles. The van der Waals surface area contributed by atoms with Crippen LogP contribution in [-0.4, -0.2) is 34.8 Å². The van der Waals surface area contributed by atoms with Gasteiger partial charge in [0.05, 0.1) is 0 Å². The van der Waals surface area contributed by atoms with Crippen LogP contribution in [0.3, 0.4) is 0 Å². The molecule has 2 amide bonds. The molecule has 2 heterocycles. The summed E-state index contributed by atoms with van der Waals surface area (Å²) in [6.45, 7) is 5.49. The molecule has 0 unspecified atom stereocenters. The fraction of sp³-hybridized carbons (Fsp3) is 0.350. The maximum Gasteiger partial charge on any atom is 0.253 e. The van der Waals surface area contributed by atoms with Crippen molar-refractivity contribution in [2.24, 2.45) is 5.73 Å². The van der Waals surface area contributed by atoms with Crippen LogP contribution in [0, 0.1) is 6.92 Å². The molecule has 130 valence electrons. The average Bonchev–Trinajstić information content (AvgIpc) is 3.15. The number of rotatable bonds is 4.